The van der Waals surface area contributed by atoms with Crippen molar-refractivity contribution in [2.24, 2.45) is 0 Å². The highest BCUT2D eigenvalue weighted by Crippen LogP contribution is 2.19. The topological polar surface area (TPSA) is 29.5 Å². The molecule has 0 heterocycles. The van der Waals surface area contributed by atoms with Crippen LogP contribution in [0.25, 0.3) is 12.2 Å². The third-order valence-corrected chi connectivity index (χ3v) is 1.92. The molecule has 1 N–H and O–H groups in total. The monoisotopic (exact) mass is 190 g/mol. The van der Waals surface area contributed by atoms with Crippen LogP contribution in [-0.4, -0.2) is 18.8 Å². The molecule has 2 nitrogen and oxygen atoms in total. The van der Waals surface area contributed by atoms with E-state index in [1.807, 2.05) is 24.3 Å². The van der Waals surface area contributed by atoms with E-state index in [4.69, 9.17) is 9.84 Å². The van der Waals surface area contributed by atoms with Crippen molar-refractivity contribution in [3.63, 3.8) is 0 Å². The second kappa shape index (κ2) is 5.25. The first kappa shape index (κ1) is 10.5. The molecule has 0 aliphatic heterocycles. The molecule has 0 fully saturated rings. The van der Waals surface area contributed by atoms with Crippen LogP contribution < -0.4 is 4.74 Å². The zero-order valence-electron chi connectivity index (χ0n) is 8.23. The van der Waals surface area contributed by atoms with Crippen molar-refractivity contribution in [1.29, 1.82) is 0 Å². The van der Waals surface area contributed by atoms with Crippen molar-refractivity contribution in [2.75, 3.05) is 13.7 Å². The van der Waals surface area contributed by atoms with Gasteiger partial charge in [0.2, 0.25) is 0 Å². The molecule has 74 valence electrons. The number of hydrogen-bond donors (Lipinski definition) is 1. The average molecular weight is 190 g/mol. The number of hydrogen-bond acceptors (Lipinski definition) is 2. The molecule has 0 bridgehead atoms. The van der Waals surface area contributed by atoms with Crippen LogP contribution >= 0.6 is 0 Å². The van der Waals surface area contributed by atoms with E-state index < -0.39 is 0 Å². The number of ether oxygens (including phenoxy) is 1. The molecule has 0 spiro atoms. The van der Waals surface area contributed by atoms with Crippen LogP contribution in [0.5, 0.6) is 5.75 Å². The second-order valence-electron chi connectivity index (χ2n) is 2.78. The van der Waals surface area contributed by atoms with Gasteiger partial charge in [0.05, 0.1) is 13.7 Å². The van der Waals surface area contributed by atoms with Gasteiger partial charge in [-0.25, -0.2) is 0 Å². The van der Waals surface area contributed by atoms with Gasteiger partial charge >= 0.3 is 0 Å². The first-order valence-electron chi connectivity index (χ1n) is 4.39. The van der Waals surface area contributed by atoms with Gasteiger partial charge in [-0.15, -0.1) is 0 Å². The molecular formula is C12H14O2. The summed E-state index contributed by atoms with van der Waals surface area (Å²) in [6, 6.07) is 5.72. The third-order valence-electron chi connectivity index (χ3n) is 1.92. The fourth-order valence-electron chi connectivity index (χ4n) is 1.19. The molecule has 1 aromatic carbocycles. The average Bonchev–Trinajstić information content (AvgIpc) is 2.25. The van der Waals surface area contributed by atoms with Gasteiger partial charge in [-0.3, -0.25) is 0 Å². The Morgan fingerprint density at radius 3 is 2.79 bits per heavy atom. The molecule has 2 heteroatoms. The minimum atomic E-state index is 0.0355. The van der Waals surface area contributed by atoms with Gasteiger partial charge in [-0.2, -0.15) is 0 Å². The fourth-order valence-corrected chi connectivity index (χ4v) is 1.19. The molecule has 0 aliphatic rings. The fraction of sp³-hybridized carbons (Fsp3) is 0.167. The van der Waals surface area contributed by atoms with E-state index in [9.17, 15) is 0 Å². The van der Waals surface area contributed by atoms with Crippen LogP contribution in [0.1, 0.15) is 11.1 Å². The van der Waals surface area contributed by atoms with Gasteiger partial charge in [0.25, 0.3) is 0 Å². The van der Waals surface area contributed by atoms with Gasteiger partial charge in [-0.1, -0.05) is 30.9 Å². The normalized spacial score (nSPS) is 10.4. The largest absolute Gasteiger partial charge is 0.497 e. The molecular weight excluding hydrogens is 176 g/mol. The summed E-state index contributed by atoms with van der Waals surface area (Å²) < 4.78 is 5.10. The molecule has 0 atom stereocenters. The Balaban J connectivity index is 3.08. The summed E-state index contributed by atoms with van der Waals surface area (Å²) in [5, 5.41) is 8.67. The van der Waals surface area contributed by atoms with Crippen molar-refractivity contribution in [1.82, 2.24) is 0 Å². The first-order valence-corrected chi connectivity index (χ1v) is 4.39. The molecule has 14 heavy (non-hydrogen) atoms. The lowest BCUT2D eigenvalue weighted by Crippen LogP contribution is -1.86. The highest BCUT2D eigenvalue weighted by atomic mass is 16.5. The smallest absolute Gasteiger partial charge is 0.119 e. The van der Waals surface area contributed by atoms with Gasteiger partial charge in [0.15, 0.2) is 0 Å². The van der Waals surface area contributed by atoms with E-state index in [-0.39, 0.29) is 6.61 Å². The van der Waals surface area contributed by atoms with Gasteiger partial charge in [0, 0.05) is 0 Å². The van der Waals surface area contributed by atoms with Crippen LogP contribution in [0.15, 0.2) is 30.9 Å². The maximum Gasteiger partial charge on any atom is 0.119 e. The number of aliphatic hydroxyl groups excluding tert-OH is 1. The van der Waals surface area contributed by atoms with Crippen LogP contribution in [0.2, 0.25) is 0 Å². The molecule has 0 radical (unpaired) electrons. The summed E-state index contributed by atoms with van der Waals surface area (Å²) in [6.45, 7) is 3.75. The lowest BCUT2D eigenvalue weighted by atomic mass is 10.1. The van der Waals surface area contributed by atoms with Gasteiger partial charge in [0.1, 0.15) is 5.75 Å². The highest BCUT2D eigenvalue weighted by Gasteiger charge is 1.97. The maximum absolute atomic E-state index is 8.67. The van der Waals surface area contributed by atoms with E-state index in [2.05, 4.69) is 6.58 Å². The zero-order chi connectivity index (χ0) is 10.4. The quantitative estimate of drug-likeness (QED) is 0.789. The Labute approximate surface area is 84.1 Å². The lowest BCUT2D eigenvalue weighted by Gasteiger charge is -2.04. The summed E-state index contributed by atoms with van der Waals surface area (Å²) in [6.07, 6.45) is 5.30. The minimum absolute atomic E-state index is 0.0355. The summed E-state index contributed by atoms with van der Waals surface area (Å²) in [5.74, 6) is 0.799. The van der Waals surface area contributed by atoms with Crippen LogP contribution in [0.4, 0.5) is 0 Å². The van der Waals surface area contributed by atoms with Crippen molar-refractivity contribution < 1.29 is 9.84 Å². The predicted octanol–water partition coefficient (Wildman–Crippen LogP) is 2.34. The first-order chi connectivity index (χ1) is 6.81. The number of rotatable bonds is 4. The van der Waals surface area contributed by atoms with Crippen molar-refractivity contribution in [3.05, 3.63) is 42.0 Å². The van der Waals surface area contributed by atoms with E-state index in [0.29, 0.717) is 0 Å². The van der Waals surface area contributed by atoms with Gasteiger partial charge < -0.3 is 9.84 Å². The van der Waals surface area contributed by atoms with E-state index in [0.717, 1.165) is 16.9 Å². The number of benzene rings is 1. The lowest BCUT2D eigenvalue weighted by molar-refractivity contribution is 0.343. The molecule has 0 aromatic heterocycles. The summed E-state index contributed by atoms with van der Waals surface area (Å²) in [5.41, 5.74) is 2.02. The molecule has 1 aromatic rings. The van der Waals surface area contributed by atoms with E-state index >= 15 is 0 Å². The Kier molecular flexibility index (Phi) is 3.95. The second-order valence-corrected chi connectivity index (χ2v) is 2.78. The Morgan fingerprint density at radius 1 is 1.43 bits per heavy atom. The molecule has 0 unspecified atom stereocenters. The van der Waals surface area contributed by atoms with Gasteiger partial charge in [-0.05, 0) is 23.3 Å². The predicted molar refractivity (Wildman–Crippen MR) is 59.2 cm³/mol. The molecule has 0 saturated carbocycles. The number of aliphatic hydroxyl groups is 1. The summed E-state index contributed by atoms with van der Waals surface area (Å²) in [7, 11) is 1.63. The van der Waals surface area contributed by atoms with E-state index in [1.165, 1.54) is 0 Å². The molecule has 0 amide bonds. The van der Waals surface area contributed by atoms with Crippen LogP contribution in [0.3, 0.4) is 0 Å². The third kappa shape index (κ3) is 2.47. The Bertz CT molecular complexity index is 340. The summed E-state index contributed by atoms with van der Waals surface area (Å²) >= 11 is 0. The highest BCUT2D eigenvalue weighted by molar-refractivity contribution is 5.65. The van der Waals surface area contributed by atoms with Crippen molar-refractivity contribution in [2.45, 2.75) is 0 Å². The molecule has 0 saturated heterocycles. The van der Waals surface area contributed by atoms with Crippen LogP contribution in [0, 0.1) is 0 Å². The van der Waals surface area contributed by atoms with E-state index in [1.54, 1.807) is 19.3 Å². The maximum atomic E-state index is 8.67. The zero-order valence-corrected chi connectivity index (χ0v) is 8.23. The standard InChI is InChI=1S/C12H14O2/c1-3-10-6-7-12(14-2)9-11(10)5-4-8-13/h3-7,9,13H,1,8H2,2H3/b5-4+. The van der Waals surface area contributed by atoms with Crippen molar-refractivity contribution in [3.8, 4) is 5.75 Å². The number of methoxy groups -OCH3 is 1. The summed E-state index contributed by atoms with van der Waals surface area (Å²) in [4.78, 5) is 0. The Hall–Kier alpha value is -1.54. The van der Waals surface area contributed by atoms with Crippen LogP contribution in [-0.2, 0) is 0 Å². The molecule has 1 rings (SSSR count). The Morgan fingerprint density at radius 2 is 2.21 bits per heavy atom. The SMILES string of the molecule is C=Cc1ccc(OC)cc1/C=C/CO. The molecule has 0 aliphatic carbocycles. The minimum Gasteiger partial charge on any atom is -0.497 e. The van der Waals surface area contributed by atoms with Crippen molar-refractivity contribution >= 4 is 12.2 Å².